The van der Waals surface area contributed by atoms with Gasteiger partial charge in [-0.1, -0.05) is 20.3 Å². The molecule has 0 aromatic heterocycles. The highest BCUT2D eigenvalue weighted by atomic mass is 16.2. The average molecular weight is 328 g/mol. The van der Waals surface area contributed by atoms with Crippen LogP contribution >= 0.6 is 0 Å². The summed E-state index contributed by atoms with van der Waals surface area (Å²) < 4.78 is 0. The summed E-state index contributed by atoms with van der Waals surface area (Å²) in [5.74, 6) is 2.24. The van der Waals surface area contributed by atoms with Crippen molar-refractivity contribution in [1.82, 2.24) is 5.32 Å². The molecule has 0 heterocycles. The van der Waals surface area contributed by atoms with Gasteiger partial charge in [0.15, 0.2) is 0 Å². The second-order valence-electron chi connectivity index (χ2n) is 7.82. The fraction of sp³-hybridized carbons (Fsp3) is 0.600. The number of hydrogen-bond acceptors (Lipinski definition) is 2. The number of rotatable bonds is 5. The minimum absolute atomic E-state index is 0.0166. The van der Waals surface area contributed by atoms with Gasteiger partial charge in [0.1, 0.15) is 0 Å². The van der Waals surface area contributed by atoms with Crippen LogP contribution in [0.15, 0.2) is 24.3 Å². The number of hydrogen-bond donors (Lipinski definition) is 2. The van der Waals surface area contributed by atoms with Crippen molar-refractivity contribution >= 4 is 17.5 Å². The number of benzene rings is 1. The Morgan fingerprint density at radius 3 is 2.29 bits per heavy atom. The van der Waals surface area contributed by atoms with Crippen LogP contribution in [0.2, 0.25) is 0 Å². The third kappa shape index (κ3) is 3.63. The Balaban J connectivity index is 1.56. The Hall–Kier alpha value is -1.84. The summed E-state index contributed by atoms with van der Waals surface area (Å²) in [6, 6.07) is 7.36. The minimum Gasteiger partial charge on any atom is -0.349 e. The van der Waals surface area contributed by atoms with Gasteiger partial charge in [-0.3, -0.25) is 9.59 Å². The number of anilines is 1. The molecule has 0 aliphatic heterocycles. The molecule has 4 nitrogen and oxygen atoms in total. The molecule has 2 N–H and O–H groups in total. The Morgan fingerprint density at radius 2 is 1.75 bits per heavy atom. The van der Waals surface area contributed by atoms with Crippen LogP contribution < -0.4 is 10.6 Å². The van der Waals surface area contributed by atoms with Crippen molar-refractivity contribution in [1.29, 1.82) is 0 Å². The van der Waals surface area contributed by atoms with Gasteiger partial charge >= 0.3 is 0 Å². The van der Waals surface area contributed by atoms with Gasteiger partial charge in [-0.05, 0) is 68.2 Å². The molecule has 2 fully saturated rings. The Bertz CT molecular complexity index is 609. The lowest BCUT2D eigenvalue weighted by molar-refractivity contribution is -0.118. The van der Waals surface area contributed by atoms with E-state index in [1.807, 2.05) is 13.8 Å². The largest absolute Gasteiger partial charge is 0.349 e. The lowest BCUT2D eigenvalue weighted by Gasteiger charge is -2.28. The highest BCUT2D eigenvalue weighted by molar-refractivity contribution is 5.96. The molecule has 3 rings (SSSR count). The molecule has 1 aromatic rings. The first-order valence-corrected chi connectivity index (χ1v) is 9.16. The summed E-state index contributed by atoms with van der Waals surface area (Å²) in [5.41, 5.74) is 1.37. The van der Waals surface area contributed by atoms with Crippen LogP contribution in [0.1, 0.15) is 56.8 Å². The van der Waals surface area contributed by atoms with E-state index in [9.17, 15) is 9.59 Å². The molecule has 4 heteroatoms. The topological polar surface area (TPSA) is 58.2 Å². The second kappa shape index (κ2) is 6.96. The van der Waals surface area contributed by atoms with Crippen molar-refractivity contribution < 1.29 is 9.59 Å². The van der Waals surface area contributed by atoms with Crippen molar-refractivity contribution in [3.63, 3.8) is 0 Å². The number of amides is 2. The van der Waals surface area contributed by atoms with E-state index in [1.165, 1.54) is 25.7 Å². The number of carbonyl (C=O) groups is 2. The molecule has 1 aromatic carbocycles. The maximum absolute atomic E-state index is 12.5. The molecule has 2 aliphatic rings. The first-order chi connectivity index (χ1) is 11.4. The fourth-order valence-electron chi connectivity index (χ4n) is 4.29. The van der Waals surface area contributed by atoms with E-state index < -0.39 is 0 Å². The van der Waals surface area contributed by atoms with Crippen molar-refractivity contribution in [2.24, 2.45) is 23.7 Å². The third-order valence-electron chi connectivity index (χ3n) is 5.73. The molecule has 130 valence electrons. The first kappa shape index (κ1) is 17.0. The second-order valence-corrected chi connectivity index (χ2v) is 7.82. The lowest BCUT2D eigenvalue weighted by atomic mass is 9.84. The Kier molecular flexibility index (Phi) is 4.93. The maximum Gasteiger partial charge on any atom is 0.251 e. The smallest absolute Gasteiger partial charge is 0.251 e. The van der Waals surface area contributed by atoms with Crippen LogP contribution in [0.25, 0.3) is 0 Å². The predicted octanol–water partition coefficient (Wildman–Crippen LogP) is 3.84. The van der Waals surface area contributed by atoms with Crippen LogP contribution in [0.3, 0.4) is 0 Å². The zero-order chi connectivity index (χ0) is 17.3. The summed E-state index contributed by atoms with van der Waals surface area (Å²) in [4.78, 5) is 24.2. The number of carbonyl (C=O) groups excluding carboxylic acids is 2. The standard InChI is InChI=1S/C20H28N2O2/c1-12(2)19(23)22-17-8-6-15(7-9-17)20(24)21-13(3)18-11-14-4-5-16(18)10-14/h6-9,12-14,16,18H,4-5,10-11H2,1-3H3,(H,21,24)(H,22,23). The molecule has 24 heavy (non-hydrogen) atoms. The zero-order valence-corrected chi connectivity index (χ0v) is 14.8. The SMILES string of the molecule is CC(C)C(=O)Nc1ccc(C(=O)NC(C)C2CC3CCC2C3)cc1. The maximum atomic E-state index is 12.5. The van der Waals surface area contributed by atoms with E-state index in [4.69, 9.17) is 0 Å². The fourth-order valence-corrected chi connectivity index (χ4v) is 4.29. The monoisotopic (exact) mass is 328 g/mol. The Morgan fingerprint density at radius 1 is 1.04 bits per heavy atom. The van der Waals surface area contributed by atoms with Gasteiger partial charge in [-0.15, -0.1) is 0 Å². The highest BCUT2D eigenvalue weighted by Crippen LogP contribution is 2.49. The zero-order valence-electron chi connectivity index (χ0n) is 14.8. The molecule has 2 aliphatic carbocycles. The summed E-state index contributed by atoms with van der Waals surface area (Å²) in [6.07, 6.45) is 5.34. The van der Waals surface area contributed by atoms with E-state index >= 15 is 0 Å². The molecule has 2 bridgehead atoms. The van der Waals surface area contributed by atoms with Gasteiger partial charge in [0.25, 0.3) is 5.91 Å². The van der Waals surface area contributed by atoms with Crippen molar-refractivity contribution in [3.8, 4) is 0 Å². The van der Waals surface area contributed by atoms with E-state index in [2.05, 4.69) is 17.6 Å². The third-order valence-corrected chi connectivity index (χ3v) is 5.73. The average Bonchev–Trinajstić information content (AvgIpc) is 3.18. The Labute approximate surface area is 144 Å². The molecule has 4 unspecified atom stereocenters. The highest BCUT2D eigenvalue weighted by Gasteiger charge is 2.42. The van der Waals surface area contributed by atoms with Gasteiger partial charge in [0, 0.05) is 23.2 Å². The summed E-state index contributed by atoms with van der Waals surface area (Å²) in [6.45, 7) is 5.85. The molecule has 0 saturated heterocycles. The van der Waals surface area contributed by atoms with Gasteiger partial charge in [-0.2, -0.15) is 0 Å². The van der Waals surface area contributed by atoms with Gasteiger partial charge < -0.3 is 10.6 Å². The minimum atomic E-state index is -0.0597. The quantitative estimate of drug-likeness (QED) is 0.863. The van der Waals surface area contributed by atoms with Crippen molar-refractivity contribution in [2.45, 2.75) is 52.5 Å². The first-order valence-electron chi connectivity index (χ1n) is 9.16. The molecular weight excluding hydrogens is 300 g/mol. The molecule has 2 saturated carbocycles. The van der Waals surface area contributed by atoms with Crippen LogP contribution in [0.4, 0.5) is 5.69 Å². The van der Waals surface area contributed by atoms with Crippen molar-refractivity contribution in [2.75, 3.05) is 5.32 Å². The van der Waals surface area contributed by atoms with Gasteiger partial charge in [-0.25, -0.2) is 0 Å². The van der Waals surface area contributed by atoms with Crippen LogP contribution in [0, 0.1) is 23.7 Å². The lowest BCUT2D eigenvalue weighted by Crippen LogP contribution is -2.40. The van der Waals surface area contributed by atoms with E-state index in [1.54, 1.807) is 24.3 Å². The van der Waals surface area contributed by atoms with Crippen molar-refractivity contribution in [3.05, 3.63) is 29.8 Å². The van der Waals surface area contributed by atoms with Gasteiger partial charge in [0.05, 0.1) is 0 Å². The van der Waals surface area contributed by atoms with Crippen LogP contribution in [-0.2, 0) is 4.79 Å². The van der Waals surface area contributed by atoms with E-state index in [0.29, 0.717) is 11.5 Å². The van der Waals surface area contributed by atoms with E-state index in [-0.39, 0.29) is 23.8 Å². The normalized spacial score (nSPS) is 26.4. The van der Waals surface area contributed by atoms with Crippen LogP contribution in [0.5, 0.6) is 0 Å². The molecular formula is C20H28N2O2. The molecule has 4 atom stereocenters. The summed E-state index contributed by atoms with van der Waals surface area (Å²) >= 11 is 0. The number of fused-ring (bicyclic) bond motifs is 2. The molecule has 0 spiro atoms. The number of nitrogens with one attached hydrogen (secondary N) is 2. The van der Waals surface area contributed by atoms with Gasteiger partial charge in [0.2, 0.25) is 5.91 Å². The summed E-state index contributed by atoms with van der Waals surface area (Å²) in [7, 11) is 0. The molecule has 0 radical (unpaired) electrons. The van der Waals surface area contributed by atoms with E-state index in [0.717, 1.165) is 17.5 Å². The van der Waals surface area contributed by atoms with Crippen LogP contribution in [-0.4, -0.2) is 17.9 Å². The molecule has 2 amide bonds. The predicted molar refractivity (Wildman–Crippen MR) is 95.8 cm³/mol. The summed E-state index contributed by atoms with van der Waals surface area (Å²) in [5, 5.41) is 6.02.